The third-order valence-electron chi connectivity index (χ3n) is 4.65. The number of esters is 1. The van der Waals surface area contributed by atoms with E-state index in [0.717, 1.165) is 16.0 Å². The lowest BCUT2D eigenvalue weighted by Crippen LogP contribution is -2.20. The number of aromatic nitrogens is 3. The van der Waals surface area contributed by atoms with Gasteiger partial charge in [0, 0.05) is 4.88 Å². The van der Waals surface area contributed by atoms with Gasteiger partial charge in [0.1, 0.15) is 11.3 Å². The maximum absolute atomic E-state index is 12.3. The molecule has 162 valence electrons. The Morgan fingerprint density at radius 3 is 2.59 bits per heavy atom. The van der Waals surface area contributed by atoms with Gasteiger partial charge in [0.15, 0.2) is 5.11 Å². The molecule has 0 atom stereocenters. The van der Waals surface area contributed by atoms with Crippen LogP contribution < -0.4 is 10.6 Å². The van der Waals surface area contributed by atoms with E-state index in [1.54, 1.807) is 17.1 Å². The molecule has 0 saturated heterocycles. The van der Waals surface area contributed by atoms with E-state index in [9.17, 15) is 4.79 Å². The zero-order valence-corrected chi connectivity index (χ0v) is 19.2. The fourth-order valence-electron chi connectivity index (χ4n) is 3.03. The Bertz CT molecular complexity index is 1230. The molecule has 0 radical (unpaired) electrons. The molecule has 4 aromatic rings. The number of carbonyl (C=O) groups is 1. The molecule has 0 aliphatic carbocycles. The second-order valence-corrected chi connectivity index (χ2v) is 8.50. The minimum absolute atomic E-state index is 0.282. The molecule has 7 nitrogen and oxygen atoms in total. The number of hydrogen-bond acceptors (Lipinski definition) is 6. The molecule has 0 saturated carbocycles. The first-order valence-corrected chi connectivity index (χ1v) is 11.0. The van der Waals surface area contributed by atoms with Crippen molar-refractivity contribution in [3.8, 4) is 10.4 Å². The van der Waals surface area contributed by atoms with Gasteiger partial charge in [0.25, 0.3) is 0 Å². The molecular formula is C23H21N5O2S2. The molecular weight excluding hydrogens is 442 g/mol. The summed E-state index contributed by atoms with van der Waals surface area (Å²) in [6, 6.07) is 19.9. The number of carbonyl (C=O) groups excluding carboxylic acids is 1. The van der Waals surface area contributed by atoms with E-state index >= 15 is 0 Å². The number of anilines is 2. The van der Waals surface area contributed by atoms with E-state index in [0.29, 0.717) is 23.1 Å². The summed E-state index contributed by atoms with van der Waals surface area (Å²) in [7, 11) is 1.35. The highest BCUT2D eigenvalue weighted by molar-refractivity contribution is 7.80. The molecule has 0 fully saturated rings. The molecule has 4 rings (SSSR count). The quantitative estimate of drug-likeness (QED) is 0.309. The van der Waals surface area contributed by atoms with Crippen molar-refractivity contribution in [2.75, 3.05) is 17.7 Å². The van der Waals surface area contributed by atoms with Gasteiger partial charge in [-0.15, -0.1) is 16.4 Å². The minimum atomic E-state index is -0.436. The van der Waals surface area contributed by atoms with Crippen molar-refractivity contribution in [1.82, 2.24) is 14.8 Å². The van der Waals surface area contributed by atoms with Crippen LogP contribution in [0.2, 0.25) is 0 Å². The number of ether oxygens (including phenoxy) is 1. The van der Waals surface area contributed by atoms with E-state index in [-0.39, 0.29) is 5.11 Å². The highest BCUT2D eigenvalue weighted by Crippen LogP contribution is 2.35. The molecule has 0 spiro atoms. The van der Waals surface area contributed by atoms with E-state index in [4.69, 9.17) is 17.0 Å². The van der Waals surface area contributed by atoms with Crippen LogP contribution in [0.5, 0.6) is 0 Å². The first kappa shape index (κ1) is 21.7. The maximum Gasteiger partial charge on any atom is 0.340 e. The molecule has 0 aliphatic heterocycles. The lowest BCUT2D eigenvalue weighted by atomic mass is 10.1. The summed E-state index contributed by atoms with van der Waals surface area (Å²) in [5.74, 6) is -0.0664. The summed E-state index contributed by atoms with van der Waals surface area (Å²) in [5.41, 5.74) is 3.76. The largest absolute Gasteiger partial charge is 0.465 e. The van der Waals surface area contributed by atoms with Crippen molar-refractivity contribution in [1.29, 1.82) is 0 Å². The monoisotopic (exact) mass is 463 g/mol. The minimum Gasteiger partial charge on any atom is -0.465 e. The van der Waals surface area contributed by atoms with Crippen LogP contribution in [0.4, 0.5) is 10.9 Å². The Morgan fingerprint density at radius 1 is 1.12 bits per heavy atom. The Balaban J connectivity index is 1.46. The van der Waals surface area contributed by atoms with Crippen LogP contribution in [0.25, 0.3) is 10.4 Å². The van der Waals surface area contributed by atoms with Crippen molar-refractivity contribution in [2.45, 2.75) is 13.5 Å². The van der Waals surface area contributed by atoms with E-state index in [1.807, 2.05) is 30.3 Å². The summed E-state index contributed by atoms with van der Waals surface area (Å²) in [6.07, 6.45) is 1.64. The molecule has 2 aromatic heterocycles. The lowest BCUT2D eigenvalue weighted by Gasteiger charge is -2.07. The molecule has 0 unspecified atom stereocenters. The number of nitrogens with zero attached hydrogens (tertiary/aromatic N) is 3. The number of benzene rings is 2. The van der Waals surface area contributed by atoms with Crippen molar-refractivity contribution >= 4 is 45.6 Å². The number of aryl methyl sites for hydroxylation is 1. The predicted molar refractivity (Wildman–Crippen MR) is 131 cm³/mol. The second-order valence-electron chi connectivity index (χ2n) is 7.04. The first-order valence-electron chi connectivity index (χ1n) is 9.82. The van der Waals surface area contributed by atoms with Crippen LogP contribution in [0, 0.1) is 6.92 Å². The third kappa shape index (κ3) is 5.19. The smallest absolute Gasteiger partial charge is 0.340 e. The first-order chi connectivity index (χ1) is 15.5. The normalized spacial score (nSPS) is 10.6. The molecule has 2 aromatic carbocycles. The van der Waals surface area contributed by atoms with Gasteiger partial charge in [-0.1, -0.05) is 60.2 Å². The number of thiophene rings is 1. The van der Waals surface area contributed by atoms with Gasteiger partial charge in [-0.25, -0.2) is 14.5 Å². The Kier molecular flexibility index (Phi) is 6.58. The molecule has 32 heavy (non-hydrogen) atoms. The SMILES string of the molecule is COC(=O)c1cc(-c2ccccc2)sc1NC(=S)Nc1ncn(Cc2ccc(C)cc2)n1. The second kappa shape index (κ2) is 9.71. The predicted octanol–water partition coefficient (Wildman–Crippen LogP) is 4.96. The van der Waals surface area contributed by atoms with Crippen molar-refractivity contribution < 1.29 is 9.53 Å². The number of methoxy groups -OCH3 is 1. The third-order valence-corrected chi connectivity index (χ3v) is 5.95. The number of nitrogens with one attached hydrogen (secondary N) is 2. The van der Waals surface area contributed by atoms with Crippen LogP contribution in [-0.2, 0) is 11.3 Å². The standard InChI is InChI=1S/C23H21N5O2S2/c1-15-8-10-16(11-9-15)13-28-14-24-22(27-28)26-23(31)25-20-18(21(29)30-2)12-19(32-20)17-6-4-3-5-7-17/h3-12,14H,13H2,1-2H3,(H2,25,26,27,31). The molecule has 9 heteroatoms. The number of rotatable bonds is 6. The highest BCUT2D eigenvalue weighted by Gasteiger charge is 2.19. The Labute approximate surface area is 195 Å². The van der Waals surface area contributed by atoms with Crippen molar-refractivity contribution in [3.05, 3.63) is 83.7 Å². The fourth-order valence-corrected chi connectivity index (χ4v) is 4.35. The molecule has 0 amide bonds. The lowest BCUT2D eigenvalue weighted by molar-refractivity contribution is 0.0602. The van der Waals surface area contributed by atoms with Crippen LogP contribution in [0.3, 0.4) is 0 Å². The van der Waals surface area contributed by atoms with Gasteiger partial charge < -0.3 is 10.1 Å². The van der Waals surface area contributed by atoms with Crippen molar-refractivity contribution in [2.24, 2.45) is 0 Å². The van der Waals surface area contributed by atoms with Gasteiger partial charge in [0.2, 0.25) is 5.95 Å². The Hall–Kier alpha value is -3.56. The molecule has 0 bridgehead atoms. The van der Waals surface area contributed by atoms with Crippen molar-refractivity contribution in [3.63, 3.8) is 0 Å². The van der Waals surface area contributed by atoms with Gasteiger partial charge in [-0.2, -0.15) is 0 Å². The topological polar surface area (TPSA) is 81.1 Å². The van der Waals surface area contributed by atoms with Crippen LogP contribution in [-0.4, -0.2) is 33.0 Å². The summed E-state index contributed by atoms with van der Waals surface area (Å²) >= 11 is 6.84. The summed E-state index contributed by atoms with van der Waals surface area (Å²) < 4.78 is 6.66. The number of hydrogen-bond donors (Lipinski definition) is 2. The summed E-state index contributed by atoms with van der Waals surface area (Å²) in [5, 5.41) is 11.3. The van der Waals surface area contributed by atoms with Gasteiger partial charge in [0.05, 0.1) is 19.2 Å². The van der Waals surface area contributed by atoms with E-state index in [2.05, 4.69) is 51.9 Å². The average molecular weight is 464 g/mol. The average Bonchev–Trinajstić information content (AvgIpc) is 3.42. The van der Waals surface area contributed by atoms with Crippen LogP contribution >= 0.6 is 23.6 Å². The van der Waals surface area contributed by atoms with Gasteiger partial charge in [-0.05, 0) is 36.3 Å². The molecule has 2 heterocycles. The maximum atomic E-state index is 12.3. The van der Waals surface area contributed by atoms with Crippen LogP contribution in [0.1, 0.15) is 21.5 Å². The fraction of sp³-hybridized carbons (Fsp3) is 0.130. The molecule has 2 N–H and O–H groups in total. The highest BCUT2D eigenvalue weighted by atomic mass is 32.1. The molecule has 0 aliphatic rings. The zero-order valence-electron chi connectivity index (χ0n) is 17.5. The van der Waals surface area contributed by atoms with E-state index in [1.165, 1.54) is 24.0 Å². The summed E-state index contributed by atoms with van der Waals surface area (Å²) in [6.45, 7) is 2.66. The van der Waals surface area contributed by atoms with E-state index < -0.39 is 5.97 Å². The van der Waals surface area contributed by atoms with Gasteiger partial charge in [-0.3, -0.25) is 5.32 Å². The van der Waals surface area contributed by atoms with Crippen LogP contribution in [0.15, 0.2) is 67.0 Å². The van der Waals surface area contributed by atoms with Gasteiger partial charge >= 0.3 is 5.97 Å². The summed E-state index contributed by atoms with van der Waals surface area (Å²) in [4.78, 5) is 17.5. The Morgan fingerprint density at radius 2 is 1.88 bits per heavy atom. The zero-order chi connectivity index (χ0) is 22.5. The number of thiocarbonyl (C=S) groups is 1.